The van der Waals surface area contributed by atoms with Crippen LogP contribution in [0.25, 0.3) is 11.1 Å². The number of ether oxygens (including phenoxy) is 1. The van der Waals surface area contributed by atoms with Crippen LogP contribution < -0.4 is 4.74 Å². The van der Waals surface area contributed by atoms with Gasteiger partial charge in [-0.25, -0.2) is 0 Å². The van der Waals surface area contributed by atoms with E-state index in [9.17, 15) is 4.79 Å². The molecule has 0 aliphatic carbocycles. The molecule has 3 rings (SSSR count). The molecule has 0 saturated heterocycles. The smallest absolute Gasteiger partial charge is 0.307 e. The SMILES string of the molecule is CCC(=NOCCOc1cccc(CC(=O)O)c1)c1ccc(-c2ccc(CC)cc2)cc1. The van der Waals surface area contributed by atoms with E-state index < -0.39 is 5.97 Å². The monoisotopic (exact) mass is 431 g/mol. The molecule has 0 aliphatic rings. The lowest BCUT2D eigenvalue weighted by atomic mass is 10.00. The van der Waals surface area contributed by atoms with Gasteiger partial charge in [-0.1, -0.05) is 79.7 Å². The Labute approximate surface area is 189 Å². The van der Waals surface area contributed by atoms with E-state index in [2.05, 4.69) is 60.6 Å². The van der Waals surface area contributed by atoms with E-state index in [0.717, 1.165) is 24.1 Å². The molecular formula is C27H29NO4. The quantitative estimate of drug-likeness (QED) is 0.238. The Hall–Kier alpha value is -3.60. The summed E-state index contributed by atoms with van der Waals surface area (Å²) in [6.07, 6.45) is 1.76. The van der Waals surface area contributed by atoms with Gasteiger partial charge in [-0.3, -0.25) is 4.79 Å². The fraction of sp³-hybridized carbons (Fsp3) is 0.259. The average Bonchev–Trinajstić information content (AvgIpc) is 2.81. The van der Waals surface area contributed by atoms with Crippen molar-refractivity contribution in [1.29, 1.82) is 0 Å². The highest BCUT2D eigenvalue weighted by molar-refractivity contribution is 6.00. The van der Waals surface area contributed by atoms with E-state index in [1.807, 2.05) is 6.92 Å². The molecule has 0 spiro atoms. The largest absolute Gasteiger partial charge is 0.490 e. The van der Waals surface area contributed by atoms with Crippen LogP contribution in [0, 0.1) is 0 Å². The number of rotatable bonds is 11. The Kier molecular flexibility index (Phi) is 8.44. The van der Waals surface area contributed by atoms with Crippen LogP contribution in [0.2, 0.25) is 0 Å². The van der Waals surface area contributed by atoms with Crippen molar-refractivity contribution in [2.24, 2.45) is 5.16 Å². The third-order valence-electron chi connectivity index (χ3n) is 5.12. The fourth-order valence-corrected chi connectivity index (χ4v) is 3.35. The van der Waals surface area contributed by atoms with E-state index >= 15 is 0 Å². The topological polar surface area (TPSA) is 68.1 Å². The molecule has 0 bridgehead atoms. The van der Waals surface area contributed by atoms with Gasteiger partial charge in [0.1, 0.15) is 12.4 Å². The number of carboxylic acids is 1. The summed E-state index contributed by atoms with van der Waals surface area (Å²) in [4.78, 5) is 16.3. The van der Waals surface area contributed by atoms with Crippen molar-refractivity contribution >= 4 is 11.7 Å². The molecule has 5 nitrogen and oxygen atoms in total. The van der Waals surface area contributed by atoms with Crippen LogP contribution >= 0.6 is 0 Å². The number of oxime groups is 1. The van der Waals surface area contributed by atoms with E-state index in [1.165, 1.54) is 16.7 Å². The van der Waals surface area contributed by atoms with Gasteiger partial charge in [0, 0.05) is 0 Å². The van der Waals surface area contributed by atoms with Gasteiger partial charge in [0.15, 0.2) is 6.61 Å². The number of benzene rings is 3. The summed E-state index contributed by atoms with van der Waals surface area (Å²) < 4.78 is 5.64. The van der Waals surface area contributed by atoms with Crippen molar-refractivity contribution in [2.45, 2.75) is 33.1 Å². The molecule has 0 aliphatic heterocycles. The molecular weight excluding hydrogens is 402 g/mol. The fourth-order valence-electron chi connectivity index (χ4n) is 3.35. The van der Waals surface area contributed by atoms with E-state index in [-0.39, 0.29) is 6.42 Å². The lowest BCUT2D eigenvalue weighted by molar-refractivity contribution is -0.136. The molecule has 3 aromatic rings. The molecule has 0 unspecified atom stereocenters. The Bertz CT molecular complexity index is 1040. The zero-order valence-corrected chi connectivity index (χ0v) is 18.6. The number of carboxylic acid groups (broad SMARTS) is 1. The minimum Gasteiger partial charge on any atom is -0.490 e. The first kappa shape index (κ1) is 23.1. The van der Waals surface area contributed by atoms with Crippen molar-refractivity contribution in [3.63, 3.8) is 0 Å². The van der Waals surface area contributed by atoms with Crippen molar-refractivity contribution in [3.05, 3.63) is 89.5 Å². The number of nitrogens with zero attached hydrogens (tertiary/aromatic N) is 1. The third kappa shape index (κ3) is 6.71. The molecule has 0 atom stereocenters. The number of hydrogen-bond donors (Lipinski definition) is 1. The van der Waals surface area contributed by atoms with Crippen molar-refractivity contribution < 1.29 is 19.5 Å². The Morgan fingerprint density at radius 1 is 0.875 bits per heavy atom. The highest BCUT2D eigenvalue weighted by Crippen LogP contribution is 2.21. The maximum atomic E-state index is 10.8. The standard InChI is InChI=1S/C27H29NO4/c1-3-20-8-10-22(11-9-20)23-12-14-24(15-13-23)26(4-2)28-32-17-16-31-25-7-5-6-21(18-25)19-27(29)30/h5-15,18H,3-4,16-17,19H2,1-2H3,(H,29,30). The van der Waals surface area contributed by atoms with Gasteiger partial charge < -0.3 is 14.7 Å². The van der Waals surface area contributed by atoms with Gasteiger partial charge >= 0.3 is 5.97 Å². The summed E-state index contributed by atoms with van der Waals surface area (Å²) >= 11 is 0. The molecule has 0 heterocycles. The van der Waals surface area contributed by atoms with Crippen molar-refractivity contribution in [1.82, 2.24) is 0 Å². The van der Waals surface area contributed by atoms with Crippen LogP contribution in [0.3, 0.4) is 0 Å². The molecule has 0 radical (unpaired) electrons. The van der Waals surface area contributed by atoms with Crippen LogP contribution in [0.15, 0.2) is 78.0 Å². The number of hydrogen-bond acceptors (Lipinski definition) is 4. The zero-order valence-electron chi connectivity index (χ0n) is 18.6. The highest BCUT2D eigenvalue weighted by atomic mass is 16.6. The summed E-state index contributed by atoms with van der Waals surface area (Å²) in [5.74, 6) is -0.246. The number of aliphatic carboxylic acids is 1. The Morgan fingerprint density at radius 2 is 1.56 bits per heavy atom. The molecule has 0 fully saturated rings. The van der Waals surface area contributed by atoms with Crippen molar-refractivity contribution in [2.75, 3.05) is 13.2 Å². The highest BCUT2D eigenvalue weighted by Gasteiger charge is 2.05. The minimum atomic E-state index is -0.866. The molecule has 0 amide bonds. The summed E-state index contributed by atoms with van der Waals surface area (Å²) in [5.41, 5.74) is 6.31. The summed E-state index contributed by atoms with van der Waals surface area (Å²) in [5, 5.41) is 13.2. The predicted octanol–water partition coefficient (Wildman–Crippen LogP) is 5.75. The molecule has 5 heteroatoms. The van der Waals surface area contributed by atoms with Crippen LogP contribution in [0.4, 0.5) is 0 Å². The van der Waals surface area contributed by atoms with Crippen LogP contribution in [-0.4, -0.2) is 30.0 Å². The molecule has 0 saturated carbocycles. The lowest BCUT2D eigenvalue weighted by Crippen LogP contribution is -2.07. The summed E-state index contributed by atoms with van der Waals surface area (Å²) in [6, 6.07) is 24.1. The maximum Gasteiger partial charge on any atom is 0.307 e. The second-order valence-electron chi connectivity index (χ2n) is 7.42. The molecule has 1 N–H and O–H groups in total. The average molecular weight is 432 g/mol. The predicted molar refractivity (Wildman–Crippen MR) is 127 cm³/mol. The first-order valence-corrected chi connectivity index (χ1v) is 10.9. The first-order valence-electron chi connectivity index (χ1n) is 10.9. The Morgan fingerprint density at radius 3 is 2.19 bits per heavy atom. The number of carbonyl (C=O) groups is 1. The number of aryl methyl sites for hydroxylation is 1. The van der Waals surface area contributed by atoms with E-state index in [0.29, 0.717) is 24.5 Å². The normalized spacial score (nSPS) is 11.2. The molecule has 166 valence electrons. The van der Waals surface area contributed by atoms with Crippen molar-refractivity contribution in [3.8, 4) is 16.9 Å². The van der Waals surface area contributed by atoms with Gasteiger partial charge in [-0.05, 0) is 52.8 Å². The van der Waals surface area contributed by atoms with Gasteiger partial charge in [0.2, 0.25) is 0 Å². The minimum absolute atomic E-state index is 0.0271. The molecule has 3 aromatic carbocycles. The zero-order chi connectivity index (χ0) is 22.8. The van der Waals surface area contributed by atoms with E-state index in [1.54, 1.807) is 24.3 Å². The van der Waals surface area contributed by atoms with Crippen LogP contribution in [-0.2, 0) is 22.5 Å². The second kappa shape index (κ2) is 11.7. The third-order valence-corrected chi connectivity index (χ3v) is 5.12. The lowest BCUT2D eigenvalue weighted by Gasteiger charge is -2.09. The maximum absolute atomic E-state index is 10.8. The Balaban J connectivity index is 1.53. The second-order valence-corrected chi connectivity index (χ2v) is 7.42. The molecule has 0 aromatic heterocycles. The summed E-state index contributed by atoms with van der Waals surface area (Å²) in [7, 11) is 0. The summed E-state index contributed by atoms with van der Waals surface area (Å²) in [6.45, 7) is 4.83. The van der Waals surface area contributed by atoms with Gasteiger partial charge in [0.25, 0.3) is 0 Å². The van der Waals surface area contributed by atoms with Gasteiger partial charge in [-0.2, -0.15) is 0 Å². The van der Waals surface area contributed by atoms with Crippen LogP contribution in [0.1, 0.15) is 37.0 Å². The first-order chi connectivity index (χ1) is 15.6. The van der Waals surface area contributed by atoms with Gasteiger partial charge in [0.05, 0.1) is 12.1 Å². The van der Waals surface area contributed by atoms with Crippen LogP contribution in [0.5, 0.6) is 5.75 Å². The van der Waals surface area contributed by atoms with E-state index in [4.69, 9.17) is 14.7 Å². The van der Waals surface area contributed by atoms with Gasteiger partial charge in [-0.15, -0.1) is 0 Å². The molecule has 32 heavy (non-hydrogen) atoms.